The molecule has 1 aromatic carbocycles. The van der Waals surface area contributed by atoms with Crippen LogP contribution in [0.25, 0.3) is 4.96 Å². The van der Waals surface area contributed by atoms with E-state index in [9.17, 15) is 9.90 Å². The number of quaternary nitrogens is 1. The average molecular weight is 407 g/mol. The summed E-state index contributed by atoms with van der Waals surface area (Å²) in [7, 11) is 0. The molecule has 0 bridgehead atoms. The maximum Gasteiger partial charge on any atom is 0.235 e. The van der Waals surface area contributed by atoms with E-state index in [2.05, 4.69) is 10.1 Å². The lowest BCUT2D eigenvalue weighted by atomic mass is 10.0. The van der Waals surface area contributed by atoms with Crippen LogP contribution in [0.15, 0.2) is 24.3 Å². The van der Waals surface area contributed by atoms with E-state index in [-0.39, 0.29) is 17.8 Å². The quantitative estimate of drug-likeness (QED) is 0.687. The largest absolute Gasteiger partial charge is 0.492 e. The Kier molecular flexibility index (Phi) is 4.79. The molecular formula is C18H21ClN5O2S+. The molecule has 2 aromatic heterocycles. The van der Waals surface area contributed by atoms with Crippen molar-refractivity contribution in [3.05, 3.63) is 45.6 Å². The molecule has 0 saturated carbocycles. The fraction of sp³-hybridized carbons (Fsp3) is 0.389. The number of amides is 1. The van der Waals surface area contributed by atoms with Crippen molar-refractivity contribution in [3.63, 3.8) is 0 Å². The average Bonchev–Trinajstić information content (AvgIpc) is 3.15. The molecule has 0 radical (unpaired) electrons. The van der Waals surface area contributed by atoms with Gasteiger partial charge in [-0.2, -0.15) is 4.52 Å². The highest BCUT2D eigenvalue weighted by Crippen LogP contribution is 2.37. The molecule has 27 heavy (non-hydrogen) atoms. The van der Waals surface area contributed by atoms with Crippen molar-refractivity contribution < 1.29 is 14.8 Å². The Balaban J connectivity index is 1.77. The van der Waals surface area contributed by atoms with Gasteiger partial charge in [-0.05, 0) is 13.0 Å². The minimum Gasteiger partial charge on any atom is -0.492 e. The van der Waals surface area contributed by atoms with Gasteiger partial charge in [0.05, 0.1) is 31.2 Å². The van der Waals surface area contributed by atoms with E-state index in [1.54, 1.807) is 13.8 Å². The summed E-state index contributed by atoms with van der Waals surface area (Å²) in [6.45, 7) is 6.34. The highest BCUT2D eigenvalue weighted by atomic mass is 35.5. The number of aromatic hydroxyl groups is 1. The zero-order valence-electron chi connectivity index (χ0n) is 15.1. The summed E-state index contributed by atoms with van der Waals surface area (Å²) in [6, 6.07) is 7.59. The molecule has 1 aliphatic rings. The van der Waals surface area contributed by atoms with Crippen LogP contribution in [0.2, 0.25) is 5.02 Å². The number of nitrogens with one attached hydrogen (secondary N) is 1. The SMILES string of the molecule is CC(=O)N1CC[NH+]([C@H](c2ccccc2Cl)c2sc3nc(C)nn3c2O)CC1. The summed E-state index contributed by atoms with van der Waals surface area (Å²) in [6.07, 6.45) is 0. The Labute approximate surface area is 165 Å². The van der Waals surface area contributed by atoms with Gasteiger partial charge in [-0.25, -0.2) is 4.98 Å². The number of hydrogen-bond donors (Lipinski definition) is 2. The molecule has 9 heteroatoms. The number of aromatic nitrogens is 3. The van der Waals surface area contributed by atoms with Gasteiger partial charge >= 0.3 is 0 Å². The molecule has 0 unspecified atom stereocenters. The van der Waals surface area contributed by atoms with E-state index < -0.39 is 0 Å². The Bertz CT molecular complexity index is 993. The van der Waals surface area contributed by atoms with Crippen molar-refractivity contribution in [1.82, 2.24) is 19.5 Å². The Morgan fingerprint density at radius 1 is 1.33 bits per heavy atom. The van der Waals surface area contributed by atoms with Gasteiger partial charge in [-0.3, -0.25) is 4.79 Å². The summed E-state index contributed by atoms with van der Waals surface area (Å²) in [5.74, 6) is 0.835. The van der Waals surface area contributed by atoms with E-state index in [1.165, 1.54) is 20.8 Å². The monoisotopic (exact) mass is 406 g/mol. The van der Waals surface area contributed by atoms with E-state index in [0.717, 1.165) is 23.5 Å². The van der Waals surface area contributed by atoms with Crippen LogP contribution >= 0.6 is 22.9 Å². The number of piperazine rings is 1. The second-order valence-electron chi connectivity index (χ2n) is 6.76. The molecule has 1 saturated heterocycles. The zero-order chi connectivity index (χ0) is 19.1. The Hall–Kier alpha value is -2.16. The second-order valence-corrected chi connectivity index (χ2v) is 8.18. The number of thiazole rings is 1. The highest BCUT2D eigenvalue weighted by molar-refractivity contribution is 7.17. The van der Waals surface area contributed by atoms with Crippen LogP contribution in [0.1, 0.15) is 29.2 Å². The molecule has 142 valence electrons. The lowest BCUT2D eigenvalue weighted by molar-refractivity contribution is -0.929. The maximum atomic E-state index is 11.7. The van der Waals surface area contributed by atoms with Crippen LogP contribution in [-0.4, -0.2) is 56.7 Å². The van der Waals surface area contributed by atoms with Gasteiger partial charge in [0.1, 0.15) is 10.7 Å². The molecule has 7 nitrogen and oxygen atoms in total. The predicted octanol–water partition coefficient (Wildman–Crippen LogP) is 1.29. The number of nitrogens with zero attached hydrogens (tertiary/aromatic N) is 4. The molecule has 0 aliphatic carbocycles. The van der Waals surface area contributed by atoms with Gasteiger partial charge in [0.15, 0.2) is 6.04 Å². The van der Waals surface area contributed by atoms with Crippen molar-refractivity contribution in [2.45, 2.75) is 19.9 Å². The summed E-state index contributed by atoms with van der Waals surface area (Å²) >= 11 is 7.96. The van der Waals surface area contributed by atoms with Crippen LogP contribution < -0.4 is 4.90 Å². The van der Waals surface area contributed by atoms with Crippen LogP contribution in [0.5, 0.6) is 5.88 Å². The summed E-state index contributed by atoms with van der Waals surface area (Å²) in [5, 5.41) is 15.8. The summed E-state index contributed by atoms with van der Waals surface area (Å²) < 4.78 is 1.49. The predicted molar refractivity (Wildman–Crippen MR) is 104 cm³/mol. The number of hydrogen-bond acceptors (Lipinski definition) is 5. The summed E-state index contributed by atoms with van der Waals surface area (Å²) in [4.78, 5) is 20.6. The minimum absolute atomic E-state index is 0.0976. The number of fused-ring (bicyclic) bond motifs is 1. The van der Waals surface area contributed by atoms with Gasteiger partial charge < -0.3 is 14.9 Å². The van der Waals surface area contributed by atoms with Crippen molar-refractivity contribution >= 4 is 33.8 Å². The molecule has 0 spiro atoms. The van der Waals surface area contributed by atoms with E-state index in [1.807, 2.05) is 29.2 Å². The van der Waals surface area contributed by atoms with E-state index in [4.69, 9.17) is 11.6 Å². The fourth-order valence-corrected chi connectivity index (χ4v) is 5.11. The van der Waals surface area contributed by atoms with Crippen LogP contribution in [-0.2, 0) is 4.79 Å². The van der Waals surface area contributed by atoms with Crippen LogP contribution in [0, 0.1) is 6.92 Å². The van der Waals surface area contributed by atoms with Crippen LogP contribution in [0.4, 0.5) is 0 Å². The molecule has 1 atom stereocenters. The minimum atomic E-state index is -0.137. The van der Waals surface area contributed by atoms with Gasteiger partial charge in [-0.15, -0.1) is 5.10 Å². The smallest absolute Gasteiger partial charge is 0.235 e. The zero-order valence-corrected chi connectivity index (χ0v) is 16.7. The molecule has 1 amide bonds. The number of carbonyl (C=O) groups is 1. The first kappa shape index (κ1) is 18.2. The third-order valence-electron chi connectivity index (χ3n) is 5.04. The first-order valence-corrected chi connectivity index (χ1v) is 10.0. The molecule has 2 N–H and O–H groups in total. The third-order valence-corrected chi connectivity index (χ3v) is 6.47. The van der Waals surface area contributed by atoms with Gasteiger partial charge in [-0.1, -0.05) is 41.1 Å². The highest BCUT2D eigenvalue weighted by Gasteiger charge is 2.36. The van der Waals surface area contributed by atoms with Gasteiger partial charge in [0, 0.05) is 12.5 Å². The van der Waals surface area contributed by atoms with Gasteiger partial charge in [0.25, 0.3) is 0 Å². The first-order valence-electron chi connectivity index (χ1n) is 8.85. The fourth-order valence-electron chi connectivity index (χ4n) is 3.69. The van der Waals surface area contributed by atoms with E-state index in [0.29, 0.717) is 28.9 Å². The molecule has 1 fully saturated rings. The number of rotatable bonds is 3. The van der Waals surface area contributed by atoms with Crippen molar-refractivity contribution in [2.24, 2.45) is 0 Å². The Morgan fingerprint density at radius 2 is 2.04 bits per heavy atom. The van der Waals surface area contributed by atoms with Crippen molar-refractivity contribution in [3.8, 4) is 5.88 Å². The molecule has 3 heterocycles. The lowest BCUT2D eigenvalue weighted by Gasteiger charge is -2.36. The standard InChI is InChI=1S/C18H20ClN5O2S/c1-11-20-18-24(21-11)17(26)16(27-18)15(13-5-3-4-6-14(13)19)23-9-7-22(8-10-23)12(2)25/h3-6,15,26H,7-10H2,1-2H3/p+1/t15-/m1/s1. The van der Waals surface area contributed by atoms with Crippen LogP contribution in [0.3, 0.4) is 0 Å². The number of aryl methyl sites for hydroxylation is 1. The van der Waals surface area contributed by atoms with Crippen molar-refractivity contribution in [2.75, 3.05) is 26.2 Å². The normalized spacial score (nSPS) is 16.8. The second kappa shape index (κ2) is 7.10. The number of carbonyl (C=O) groups excluding carboxylic acids is 1. The first-order chi connectivity index (χ1) is 13.0. The molecule has 1 aliphatic heterocycles. The summed E-state index contributed by atoms with van der Waals surface area (Å²) in [5.41, 5.74) is 0.960. The lowest BCUT2D eigenvalue weighted by Crippen LogP contribution is -3.15. The van der Waals surface area contributed by atoms with Crippen molar-refractivity contribution in [1.29, 1.82) is 0 Å². The molecule has 3 aromatic rings. The maximum absolute atomic E-state index is 11.7. The van der Waals surface area contributed by atoms with E-state index >= 15 is 0 Å². The topological polar surface area (TPSA) is 75.2 Å². The number of benzene rings is 1. The number of halogens is 1. The third kappa shape index (κ3) is 3.28. The molecule has 4 rings (SSSR count). The van der Waals surface area contributed by atoms with Gasteiger partial charge in [0.2, 0.25) is 16.7 Å². The Morgan fingerprint density at radius 3 is 2.67 bits per heavy atom. The molecular weight excluding hydrogens is 386 g/mol.